The minimum absolute atomic E-state index is 0.123. The molecule has 1 aliphatic carbocycles. The van der Waals surface area contributed by atoms with Crippen LogP contribution < -0.4 is 5.32 Å². The van der Waals surface area contributed by atoms with Crippen molar-refractivity contribution >= 4 is 22.2 Å². The second-order valence-electron chi connectivity index (χ2n) is 5.56. The number of benzene rings is 1. The van der Waals surface area contributed by atoms with Crippen LogP contribution in [0.4, 0.5) is 18.2 Å². The molecule has 1 aromatic carbocycles. The molecule has 0 saturated heterocycles. The predicted octanol–water partition coefficient (Wildman–Crippen LogP) is 4.77. The molecule has 0 fully saturated rings. The number of hydrogen-bond acceptors (Lipinski definition) is 3. The number of carbonyl (C=O) groups is 1. The first-order valence-corrected chi connectivity index (χ1v) is 8.25. The van der Waals surface area contributed by atoms with Crippen LogP contribution in [0, 0.1) is 11.3 Å². The van der Waals surface area contributed by atoms with Gasteiger partial charge in [0.25, 0.3) is 5.91 Å². The van der Waals surface area contributed by atoms with Crippen LogP contribution >= 0.6 is 11.3 Å². The van der Waals surface area contributed by atoms with E-state index >= 15 is 0 Å². The van der Waals surface area contributed by atoms with E-state index in [1.165, 1.54) is 11.3 Å². The SMILES string of the molecule is N#Cc1c(NC(=O)c2ccc(C(F)(F)F)cc2)sc2c1CCCC2. The van der Waals surface area contributed by atoms with Crippen LogP contribution in [0.3, 0.4) is 0 Å². The van der Waals surface area contributed by atoms with E-state index < -0.39 is 17.6 Å². The van der Waals surface area contributed by atoms with E-state index in [1.807, 2.05) is 0 Å². The number of alkyl halides is 3. The monoisotopic (exact) mass is 350 g/mol. The van der Waals surface area contributed by atoms with Gasteiger partial charge in [0.05, 0.1) is 11.1 Å². The molecule has 0 aliphatic heterocycles. The molecule has 0 bridgehead atoms. The fourth-order valence-corrected chi connectivity index (χ4v) is 3.99. The van der Waals surface area contributed by atoms with Crippen LogP contribution in [0.25, 0.3) is 0 Å². The van der Waals surface area contributed by atoms with Gasteiger partial charge in [-0.1, -0.05) is 0 Å². The van der Waals surface area contributed by atoms with Gasteiger partial charge in [-0.2, -0.15) is 18.4 Å². The highest BCUT2D eigenvalue weighted by molar-refractivity contribution is 7.16. The van der Waals surface area contributed by atoms with Crippen molar-refractivity contribution in [3.63, 3.8) is 0 Å². The Kier molecular flexibility index (Phi) is 4.33. The van der Waals surface area contributed by atoms with Gasteiger partial charge in [-0.15, -0.1) is 11.3 Å². The summed E-state index contributed by atoms with van der Waals surface area (Å²) in [4.78, 5) is 13.4. The largest absolute Gasteiger partial charge is 0.416 e. The third-order valence-corrected chi connectivity index (χ3v) is 5.19. The number of halogens is 3. The van der Waals surface area contributed by atoms with E-state index in [4.69, 9.17) is 0 Å². The summed E-state index contributed by atoms with van der Waals surface area (Å²) in [6.07, 6.45) is -0.638. The fraction of sp³-hybridized carbons (Fsp3) is 0.294. The number of nitriles is 1. The molecule has 0 radical (unpaired) electrons. The molecule has 1 aromatic heterocycles. The average molecular weight is 350 g/mol. The summed E-state index contributed by atoms with van der Waals surface area (Å²) in [5, 5.41) is 12.5. The second-order valence-corrected chi connectivity index (χ2v) is 6.66. The molecule has 0 unspecified atom stereocenters. The van der Waals surface area contributed by atoms with E-state index in [2.05, 4.69) is 11.4 Å². The second kappa shape index (κ2) is 6.29. The molecule has 0 saturated carbocycles. The zero-order valence-corrected chi connectivity index (χ0v) is 13.4. The van der Waals surface area contributed by atoms with Gasteiger partial charge in [-0.3, -0.25) is 4.79 Å². The van der Waals surface area contributed by atoms with Crippen molar-refractivity contribution in [2.45, 2.75) is 31.9 Å². The Bertz CT molecular complexity index is 816. The Morgan fingerprint density at radius 3 is 2.46 bits per heavy atom. The summed E-state index contributed by atoms with van der Waals surface area (Å²) >= 11 is 1.38. The van der Waals surface area contributed by atoms with E-state index in [9.17, 15) is 23.2 Å². The van der Waals surface area contributed by atoms with Crippen molar-refractivity contribution in [2.75, 3.05) is 5.32 Å². The van der Waals surface area contributed by atoms with Gasteiger partial charge >= 0.3 is 6.18 Å². The van der Waals surface area contributed by atoms with Crippen LogP contribution in [-0.4, -0.2) is 5.91 Å². The van der Waals surface area contributed by atoms with Crippen LogP contribution in [0.2, 0.25) is 0 Å². The normalized spacial score (nSPS) is 13.9. The van der Waals surface area contributed by atoms with Gasteiger partial charge in [0.2, 0.25) is 0 Å². The maximum absolute atomic E-state index is 12.6. The first-order valence-electron chi connectivity index (χ1n) is 7.43. The van der Waals surface area contributed by atoms with Gasteiger partial charge < -0.3 is 5.32 Å². The number of anilines is 1. The van der Waals surface area contributed by atoms with Crippen molar-refractivity contribution in [1.82, 2.24) is 0 Å². The lowest BCUT2D eigenvalue weighted by molar-refractivity contribution is -0.137. The Morgan fingerprint density at radius 1 is 1.17 bits per heavy atom. The lowest BCUT2D eigenvalue weighted by atomic mass is 9.96. The van der Waals surface area contributed by atoms with Crippen LogP contribution in [0.5, 0.6) is 0 Å². The molecule has 1 aliphatic rings. The molecular weight excluding hydrogens is 337 g/mol. The van der Waals surface area contributed by atoms with Crippen molar-refractivity contribution in [2.24, 2.45) is 0 Å². The molecule has 1 heterocycles. The zero-order valence-electron chi connectivity index (χ0n) is 12.5. The van der Waals surface area contributed by atoms with Crippen LogP contribution in [0.1, 0.15) is 44.8 Å². The highest BCUT2D eigenvalue weighted by atomic mass is 32.1. The average Bonchev–Trinajstić information content (AvgIpc) is 2.91. The maximum Gasteiger partial charge on any atom is 0.416 e. The van der Waals surface area contributed by atoms with Crippen molar-refractivity contribution in [1.29, 1.82) is 5.26 Å². The summed E-state index contributed by atoms with van der Waals surface area (Å²) in [6, 6.07) is 6.16. The molecule has 7 heteroatoms. The predicted molar refractivity (Wildman–Crippen MR) is 85.1 cm³/mol. The Hall–Kier alpha value is -2.33. The van der Waals surface area contributed by atoms with E-state index in [0.717, 1.165) is 60.4 Å². The number of amides is 1. The molecule has 2 aromatic rings. The zero-order chi connectivity index (χ0) is 17.3. The summed E-state index contributed by atoms with van der Waals surface area (Å²) in [6.45, 7) is 0. The number of thiophene rings is 1. The number of rotatable bonds is 2. The van der Waals surface area contributed by atoms with Crippen LogP contribution in [0.15, 0.2) is 24.3 Å². The minimum Gasteiger partial charge on any atom is -0.312 e. The number of fused-ring (bicyclic) bond motifs is 1. The first kappa shape index (κ1) is 16.5. The van der Waals surface area contributed by atoms with E-state index in [1.54, 1.807) is 0 Å². The molecule has 1 N–H and O–H groups in total. The highest BCUT2D eigenvalue weighted by Gasteiger charge is 2.30. The molecular formula is C17H13F3N2OS. The molecule has 3 nitrogen and oxygen atoms in total. The smallest absolute Gasteiger partial charge is 0.312 e. The van der Waals surface area contributed by atoms with Crippen molar-refractivity contribution in [3.8, 4) is 6.07 Å². The van der Waals surface area contributed by atoms with Gasteiger partial charge in [-0.05, 0) is 55.5 Å². The molecule has 24 heavy (non-hydrogen) atoms. The minimum atomic E-state index is -4.43. The Morgan fingerprint density at radius 2 is 1.83 bits per heavy atom. The number of carbonyl (C=O) groups excluding carboxylic acids is 1. The standard InChI is InChI=1S/C17H13F3N2OS/c18-17(19,20)11-7-5-10(6-8-11)15(23)22-16-13(9-21)12-3-1-2-4-14(12)24-16/h5-8H,1-4H2,(H,22,23). The van der Waals surface area contributed by atoms with Gasteiger partial charge in [0, 0.05) is 10.4 Å². The summed E-state index contributed by atoms with van der Waals surface area (Å²) < 4.78 is 37.7. The van der Waals surface area contributed by atoms with E-state index in [-0.39, 0.29) is 5.56 Å². The molecule has 3 rings (SSSR count). The molecule has 124 valence electrons. The Balaban J connectivity index is 1.83. The molecule has 1 amide bonds. The van der Waals surface area contributed by atoms with Crippen LogP contribution in [-0.2, 0) is 19.0 Å². The topological polar surface area (TPSA) is 52.9 Å². The lowest BCUT2D eigenvalue weighted by Crippen LogP contribution is -2.13. The lowest BCUT2D eigenvalue weighted by Gasteiger charge is -2.09. The van der Waals surface area contributed by atoms with Gasteiger partial charge in [-0.25, -0.2) is 0 Å². The molecule has 0 atom stereocenters. The quantitative estimate of drug-likeness (QED) is 0.848. The summed E-state index contributed by atoms with van der Waals surface area (Å²) in [5.41, 5.74) is 0.799. The fourth-order valence-electron chi connectivity index (χ4n) is 2.76. The summed E-state index contributed by atoms with van der Waals surface area (Å²) in [5.74, 6) is -0.515. The third kappa shape index (κ3) is 3.15. The van der Waals surface area contributed by atoms with Crippen molar-refractivity contribution < 1.29 is 18.0 Å². The third-order valence-electron chi connectivity index (χ3n) is 3.98. The number of hydrogen-bond donors (Lipinski definition) is 1. The Labute approximate surface area is 140 Å². The molecule has 0 spiro atoms. The number of aryl methyl sites for hydroxylation is 1. The highest BCUT2D eigenvalue weighted by Crippen LogP contribution is 2.38. The van der Waals surface area contributed by atoms with Gasteiger partial charge in [0.1, 0.15) is 11.1 Å². The van der Waals surface area contributed by atoms with E-state index in [0.29, 0.717) is 10.6 Å². The first-order chi connectivity index (χ1) is 11.4. The summed E-state index contributed by atoms with van der Waals surface area (Å²) in [7, 11) is 0. The number of nitrogens with zero attached hydrogens (tertiary/aromatic N) is 1. The number of nitrogens with one attached hydrogen (secondary N) is 1. The van der Waals surface area contributed by atoms with Gasteiger partial charge in [0.15, 0.2) is 0 Å². The van der Waals surface area contributed by atoms with Crippen molar-refractivity contribution in [3.05, 3.63) is 51.4 Å². The maximum atomic E-state index is 12.6.